The fourth-order valence-corrected chi connectivity index (χ4v) is 3.24. The van der Waals surface area contributed by atoms with Gasteiger partial charge >= 0.3 is 0 Å². The number of aliphatic hydroxyl groups excluding tert-OH is 1. The summed E-state index contributed by atoms with van der Waals surface area (Å²) in [5, 5.41) is 20.5. The lowest BCUT2D eigenvalue weighted by atomic mass is 10.2. The van der Waals surface area contributed by atoms with Crippen molar-refractivity contribution in [2.75, 3.05) is 26.2 Å². The van der Waals surface area contributed by atoms with E-state index in [1.54, 1.807) is 11.3 Å². The molecule has 4 N–H and O–H groups in total. The SMILES string of the molecule is CCNC(=NCC(O)c1cc2ccccc2s1)NCCNC(C)=O.I. The molecule has 1 unspecified atom stereocenters. The molecule has 0 aliphatic carbocycles. The molecule has 25 heavy (non-hydrogen) atoms. The highest BCUT2D eigenvalue weighted by Crippen LogP contribution is 2.29. The molecule has 1 aromatic heterocycles. The van der Waals surface area contributed by atoms with E-state index in [9.17, 15) is 9.90 Å². The van der Waals surface area contributed by atoms with Crippen molar-refractivity contribution in [3.8, 4) is 0 Å². The number of hydrogen-bond donors (Lipinski definition) is 4. The van der Waals surface area contributed by atoms with Crippen molar-refractivity contribution in [2.24, 2.45) is 4.99 Å². The summed E-state index contributed by atoms with van der Waals surface area (Å²) in [4.78, 5) is 16.2. The maximum atomic E-state index is 10.8. The van der Waals surface area contributed by atoms with Gasteiger partial charge in [0.2, 0.25) is 5.91 Å². The monoisotopic (exact) mass is 476 g/mol. The van der Waals surface area contributed by atoms with Crippen molar-refractivity contribution in [3.05, 3.63) is 35.2 Å². The molecule has 1 amide bonds. The number of amides is 1. The van der Waals surface area contributed by atoms with E-state index in [0.29, 0.717) is 19.0 Å². The number of aliphatic imine (C=N–C) groups is 1. The van der Waals surface area contributed by atoms with Crippen LogP contribution in [0.3, 0.4) is 0 Å². The summed E-state index contributed by atoms with van der Waals surface area (Å²) in [7, 11) is 0. The number of halogens is 1. The molecule has 0 saturated heterocycles. The van der Waals surface area contributed by atoms with Crippen LogP contribution in [0.15, 0.2) is 35.3 Å². The zero-order valence-corrected chi connectivity index (χ0v) is 17.6. The Hall–Kier alpha value is -1.39. The number of carbonyl (C=O) groups is 1. The van der Waals surface area contributed by atoms with Crippen molar-refractivity contribution in [1.29, 1.82) is 0 Å². The number of fused-ring (bicyclic) bond motifs is 1. The third kappa shape index (κ3) is 7.17. The molecule has 6 nitrogen and oxygen atoms in total. The smallest absolute Gasteiger partial charge is 0.216 e. The quantitative estimate of drug-likeness (QED) is 0.214. The van der Waals surface area contributed by atoms with E-state index in [1.807, 2.05) is 37.3 Å². The highest BCUT2D eigenvalue weighted by Gasteiger charge is 2.11. The first-order valence-corrected chi connectivity index (χ1v) is 8.85. The maximum absolute atomic E-state index is 10.8. The Morgan fingerprint density at radius 2 is 1.96 bits per heavy atom. The Balaban J connectivity index is 0.00000312. The van der Waals surface area contributed by atoms with Gasteiger partial charge in [-0.05, 0) is 24.4 Å². The van der Waals surface area contributed by atoms with Crippen LogP contribution in [0, 0.1) is 0 Å². The van der Waals surface area contributed by atoms with Crippen LogP contribution in [0.1, 0.15) is 24.8 Å². The largest absolute Gasteiger partial charge is 0.386 e. The first-order valence-electron chi connectivity index (χ1n) is 8.03. The zero-order chi connectivity index (χ0) is 17.4. The molecule has 1 atom stereocenters. The molecule has 2 aromatic rings. The second-order valence-electron chi connectivity index (χ2n) is 5.33. The minimum Gasteiger partial charge on any atom is -0.386 e. The van der Waals surface area contributed by atoms with Gasteiger partial charge < -0.3 is 21.1 Å². The molecule has 138 valence electrons. The Labute approximate surface area is 169 Å². The predicted octanol–water partition coefficient (Wildman–Crippen LogP) is 2.24. The van der Waals surface area contributed by atoms with E-state index in [4.69, 9.17) is 0 Å². The number of guanidine groups is 1. The van der Waals surface area contributed by atoms with Crippen molar-refractivity contribution < 1.29 is 9.90 Å². The van der Waals surface area contributed by atoms with Gasteiger partial charge in [0.15, 0.2) is 5.96 Å². The lowest BCUT2D eigenvalue weighted by Gasteiger charge is -2.12. The highest BCUT2D eigenvalue weighted by molar-refractivity contribution is 14.0. The van der Waals surface area contributed by atoms with Gasteiger partial charge in [-0.25, -0.2) is 0 Å². The lowest BCUT2D eigenvalue weighted by Crippen LogP contribution is -2.41. The predicted molar refractivity (Wildman–Crippen MR) is 115 cm³/mol. The number of thiophene rings is 1. The summed E-state index contributed by atoms with van der Waals surface area (Å²) in [5.74, 6) is 0.571. The summed E-state index contributed by atoms with van der Waals surface area (Å²) in [6.07, 6.45) is -0.631. The maximum Gasteiger partial charge on any atom is 0.216 e. The zero-order valence-electron chi connectivity index (χ0n) is 14.4. The van der Waals surface area contributed by atoms with E-state index in [2.05, 4.69) is 20.9 Å². The van der Waals surface area contributed by atoms with Gasteiger partial charge in [-0.15, -0.1) is 35.3 Å². The van der Waals surface area contributed by atoms with Crippen LogP contribution in [0.2, 0.25) is 0 Å². The standard InChI is InChI=1S/C17H24N4O2S.HI/c1-3-18-17(20-9-8-19-12(2)22)21-11-14(23)16-10-13-6-4-5-7-15(13)24-16;/h4-7,10,14,23H,3,8-9,11H2,1-2H3,(H,19,22)(H2,18,20,21);1H. The van der Waals surface area contributed by atoms with E-state index >= 15 is 0 Å². The molecule has 0 aliphatic heterocycles. The number of hydrogen-bond acceptors (Lipinski definition) is 4. The minimum absolute atomic E-state index is 0. The third-order valence-electron chi connectivity index (χ3n) is 3.33. The van der Waals surface area contributed by atoms with Crippen LogP contribution in [-0.4, -0.2) is 43.2 Å². The average Bonchev–Trinajstić information content (AvgIpc) is 3.00. The lowest BCUT2D eigenvalue weighted by molar-refractivity contribution is -0.118. The molecule has 0 spiro atoms. The molecular weight excluding hydrogens is 451 g/mol. The number of benzene rings is 1. The summed E-state index contributed by atoms with van der Waals surface area (Å²) >= 11 is 1.59. The van der Waals surface area contributed by atoms with Crippen LogP contribution >= 0.6 is 35.3 Å². The summed E-state index contributed by atoms with van der Waals surface area (Å²) < 4.78 is 1.16. The molecule has 8 heteroatoms. The van der Waals surface area contributed by atoms with Gasteiger partial charge in [-0.1, -0.05) is 18.2 Å². The summed E-state index contributed by atoms with van der Waals surface area (Å²) in [6, 6.07) is 10.1. The molecule has 2 rings (SSSR count). The van der Waals surface area contributed by atoms with Crippen LogP contribution in [0.25, 0.3) is 10.1 Å². The molecule has 0 fully saturated rings. The van der Waals surface area contributed by atoms with Gasteiger partial charge in [0, 0.05) is 36.1 Å². The van der Waals surface area contributed by atoms with Crippen molar-refractivity contribution in [3.63, 3.8) is 0 Å². The Kier molecular flexibility index (Phi) is 9.76. The molecule has 1 heterocycles. The van der Waals surface area contributed by atoms with Crippen LogP contribution < -0.4 is 16.0 Å². The number of nitrogens with zero attached hydrogens (tertiary/aromatic N) is 1. The van der Waals surface area contributed by atoms with Gasteiger partial charge in [0.1, 0.15) is 6.10 Å². The highest BCUT2D eigenvalue weighted by atomic mass is 127. The Bertz CT molecular complexity index is 672. The molecule has 0 aliphatic rings. The fourth-order valence-electron chi connectivity index (χ4n) is 2.20. The van der Waals surface area contributed by atoms with Gasteiger partial charge in [0.25, 0.3) is 0 Å². The van der Waals surface area contributed by atoms with Crippen molar-refractivity contribution >= 4 is 57.3 Å². The molecule has 0 radical (unpaired) electrons. The van der Waals surface area contributed by atoms with E-state index < -0.39 is 6.10 Å². The fraction of sp³-hybridized carbons (Fsp3) is 0.412. The number of carbonyl (C=O) groups excluding carboxylic acids is 1. The minimum atomic E-state index is -0.631. The van der Waals surface area contributed by atoms with Crippen LogP contribution in [-0.2, 0) is 4.79 Å². The average molecular weight is 476 g/mol. The van der Waals surface area contributed by atoms with Gasteiger partial charge in [0.05, 0.1) is 6.54 Å². The number of aliphatic hydroxyl groups is 1. The van der Waals surface area contributed by atoms with E-state index in [0.717, 1.165) is 21.5 Å². The third-order valence-corrected chi connectivity index (χ3v) is 4.55. The second kappa shape index (κ2) is 11.3. The number of nitrogens with one attached hydrogen (secondary N) is 3. The first kappa shape index (κ1) is 21.7. The summed E-state index contributed by atoms with van der Waals surface area (Å²) in [6.45, 7) is 5.57. The first-order chi connectivity index (χ1) is 11.6. The number of rotatable bonds is 7. The molecule has 0 bridgehead atoms. The Morgan fingerprint density at radius 1 is 1.24 bits per heavy atom. The van der Waals surface area contributed by atoms with Crippen LogP contribution in [0.5, 0.6) is 0 Å². The molecule has 0 saturated carbocycles. The van der Waals surface area contributed by atoms with Crippen LogP contribution in [0.4, 0.5) is 0 Å². The van der Waals surface area contributed by atoms with Gasteiger partial charge in [-0.3, -0.25) is 9.79 Å². The Morgan fingerprint density at radius 3 is 2.64 bits per heavy atom. The normalized spacial score (nSPS) is 12.4. The second-order valence-corrected chi connectivity index (χ2v) is 6.45. The molecule has 1 aromatic carbocycles. The molecular formula is C17H25IN4O2S. The van der Waals surface area contributed by atoms with E-state index in [1.165, 1.54) is 6.92 Å². The van der Waals surface area contributed by atoms with E-state index in [-0.39, 0.29) is 36.4 Å². The topological polar surface area (TPSA) is 85.8 Å². The van der Waals surface area contributed by atoms with Crippen molar-refractivity contribution in [1.82, 2.24) is 16.0 Å². The van der Waals surface area contributed by atoms with Gasteiger partial charge in [-0.2, -0.15) is 0 Å². The summed E-state index contributed by atoms with van der Waals surface area (Å²) in [5.41, 5.74) is 0. The van der Waals surface area contributed by atoms with Crippen molar-refractivity contribution in [2.45, 2.75) is 20.0 Å².